The van der Waals surface area contributed by atoms with Gasteiger partial charge in [-0.1, -0.05) is 20.8 Å². The summed E-state index contributed by atoms with van der Waals surface area (Å²) < 4.78 is 22.3. The summed E-state index contributed by atoms with van der Waals surface area (Å²) in [6, 6.07) is 3.51. The lowest BCUT2D eigenvalue weighted by Gasteiger charge is -2.36. The number of rotatable bonds is 9. The van der Waals surface area contributed by atoms with E-state index in [1.165, 1.54) is 7.11 Å². The second-order valence-electron chi connectivity index (χ2n) is 7.86. The molecule has 1 N–H and O–H groups in total. The maximum absolute atomic E-state index is 11.5. The van der Waals surface area contributed by atoms with Crippen molar-refractivity contribution in [1.29, 1.82) is 0 Å². The van der Waals surface area contributed by atoms with E-state index >= 15 is 0 Å². The van der Waals surface area contributed by atoms with Crippen LogP contribution in [0.15, 0.2) is 12.1 Å². The highest BCUT2D eigenvalue weighted by atomic mass is 28.4. The summed E-state index contributed by atoms with van der Waals surface area (Å²) in [5.41, 5.74) is 1.38. The third kappa shape index (κ3) is 5.46. The lowest BCUT2D eigenvalue weighted by molar-refractivity contribution is -0.138. The molecular weight excluding hydrogens is 352 g/mol. The van der Waals surface area contributed by atoms with Gasteiger partial charge in [-0.15, -0.1) is 0 Å². The van der Waals surface area contributed by atoms with Gasteiger partial charge < -0.3 is 23.7 Å². The zero-order valence-electron chi connectivity index (χ0n) is 17.1. The zero-order valence-corrected chi connectivity index (χ0v) is 18.1. The van der Waals surface area contributed by atoms with Crippen LogP contribution in [0.2, 0.25) is 18.1 Å². The molecule has 0 bridgehead atoms. The van der Waals surface area contributed by atoms with Crippen molar-refractivity contribution in [2.75, 3.05) is 21.0 Å². The molecule has 0 spiro atoms. The average molecular weight is 385 g/mol. The molecule has 0 amide bonds. The predicted octanol–water partition coefficient (Wildman–Crippen LogP) is 4.39. The lowest BCUT2D eigenvalue weighted by Crippen LogP contribution is -2.40. The molecule has 0 fully saturated rings. The maximum Gasteiger partial charge on any atom is 0.310 e. The van der Waals surface area contributed by atoms with Crippen LogP contribution in [-0.4, -0.2) is 40.4 Å². The van der Waals surface area contributed by atoms with Gasteiger partial charge in [0.25, 0.3) is 0 Å². The van der Waals surface area contributed by atoms with Gasteiger partial charge in [-0.3, -0.25) is 4.79 Å². The van der Waals surface area contributed by atoms with E-state index in [-0.39, 0.29) is 11.8 Å². The van der Waals surface area contributed by atoms with Gasteiger partial charge in [0, 0.05) is 24.3 Å². The van der Waals surface area contributed by atoms with Crippen LogP contribution in [0.4, 0.5) is 0 Å². The van der Waals surface area contributed by atoms with Crippen molar-refractivity contribution in [2.24, 2.45) is 0 Å². The SMILES string of the molecule is COCOc1cc(OC)c(CO[Si](C)(C)C(C)(C)C)cc1[C@@H](C)C(=O)O. The molecule has 0 heterocycles. The number of hydrogen-bond donors (Lipinski definition) is 1. The molecule has 0 saturated heterocycles. The highest BCUT2D eigenvalue weighted by Gasteiger charge is 2.37. The minimum atomic E-state index is -1.95. The smallest absolute Gasteiger partial charge is 0.310 e. The molecule has 148 valence electrons. The van der Waals surface area contributed by atoms with Gasteiger partial charge in [-0.2, -0.15) is 0 Å². The predicted molar refractivity (Wildman–Crippen MR) is 104 cm³/mol. The highest BCUT2D eigenvalue weighted by molar-refractivity contribution is 6.74. The molecular formula is C19H32O6Si. The second kappa shape index (κ2) is 8.88. The van der Waals surface area contributed by atoms with Crippen molar-refractivity contribution in [1.82, 2.24) is 0 Å². The van der Waals surface area contributed by atoms with Crippen molar-refractivity contribution in [3.8, 4) is 11.5 Å². The van der Waals surface area contributed by atoms with Crippen molar-refractivity contribution in [3.63, 3.8) is 0 Å². The molecule has 0 aliphatic heterocycles. The van der Waals surface area contributed by atoms with E-state index in [2.05, 4.69) is 33.9 Å². The molecule has 1 rings (SSSR count). The van der Waals surface area contributed by atoms with Crippen molar-refractivity contribution in [3.05, 3.63) is 23.3 Å². The fourth-order valence-corrected chi connectivity index (χ4v) is 3.07. The number of aliphatic carboxylic acids is 1. The Kier molecular flexibility index (Phi) is 7.67. The molecule has 7 heteroatoms. The van der Waals surface area contributed by atoms with E-state index in [1.54, 1.807) is 26.2 Å². The number of benzene rings is 1. The Morgan fingerprint density at radius 2 is 1.81 bits per heavy atom. The molecule has 26 heavy (non-hydrogen) atoms. The van der Waals surface area contributed by atoms with Gasteiger partial charge in [-0.05, 0) is 31.1 Å². The molecule has 0 unspecified atom stereocenters. The molecule has 0 saturated carbocycles. The molecule has 0 radical (unpaired) electrons. The summed E-state index contributed by atoms with van der Waals surface area (Å²) in [5.74, 6) is -0.598. The van der Waals surface area contributed by atoms with Gasteiger partial charge in [0.15, 0.2) is 15.1 Å². The number of ether oxygens (including phenoxy) is 3. The summed E-state index contributed by atoms with van der Waals surface area (Å²) in [6.45, 7) is 12.9. The number of hydrogen-bond acceptors (Lipinski definition) is 5. The number of carboxylic acids is 1. The lowest BCUT2D eigenvalue weighted by atomic mass is 9.97. The van der Waals surface area contributed by atoms with Gasteiger partial charge in [0.05, 0.1) is 19.6 Å². The molecule has 1 aromatic rings. The molecule has 0 aromatic heterocycles. The van der Waals surface area contributed by atoms with Crippen LogP contribution in [0.3, 0.4) is 0 Å². The van der Waals surface area contributed by atoms with Crippen molar-refractivity contribution in [2.45, 2.75) is 58.4 Å². The van der Waals surface area contributed by atoms with Crippen LogP contribution in [0, 0.1) is 0 Å². The van der Waals surface area contributed by atoms with Crippen LogP contribution in [0.5, 0.6) is 11.5 Å². The summed E-state index contributed by atoms with van der Waals surface area (Å²) >= 11 is 0. The molecule has 6 nitrogen and oxygen atoms in total. The molecule has 0 aliphatic rings. The number of methoxy groups -OCH3 is 2. The average Bonchev–Trinajstić information content (AvgIpc) is 2.56. The van der Waals surface area contributed by atoms with Gasteiger partial charge >= 0.3 is 5.97 Å². The third-order valence-electron chi connectivity index (χ3n) is 4.98. The van der Waals surface area contributed by atoms with E-state index in [0.29, 0.717) is 23.7 Å². The molecule has 1 aromatic carbocycles. The van der Waals surface area contributed by atoms with Crippen LogP contribution in [0.1, 0.15) is 44.7 Å². The fourth-order valence-electron chi connectivity index (χ4n) is 2.12. The molecule has 1 atom stereocenters. The Bertz CT molecular complexity index is 621. The summed E-state index contributed by atoms with van der Waals surface area (Å²) in [4.78, 5) is 11.5. The first-order valence-electron chi connectivity index (χ1n) is 8.64. The quantitative estimate of drug-likeness (QED) is 0.503. The van der Waals surface area contributed by atoms with E-state index < -0.39 is 20.2 Å². The number of carboxylic acid groups (broad SMARTS) is 1. The van der Waals surface area contributed by atoms with Crippen molar-refractivity contribution >= 4 is 14.3 Å². The van der Waals surface area contributed by atoms with Gasteiger partial charge in [0.1, 0.15) is 11.5 Å². The Hall–Kier alpha value is -1.57. The normalized spacial score (nSPS) is 13.4. The first kappa shape index (κ1) is 22.5. The van der Waals surface area contributed by atoms with Crippen LogP contribution < -0.4 is 9.47 Å². The van der Waals surface area contributed by atoms with Crippen molar-refractivity contribution < 1.29 is 28.5 Å². The minimum Gasteiger partial charge on any atom is -0.496 e. The van der Waals surface area contributed by atoms with Crippen LogP contribution in [0.25, 0.3) is 0 Å². The summed E-state index contributed by atoms with van der Waals surface area (Å²) in [7, 11) is 1.14. The van der Waals surface area contributed by atoms with Gasteiger partial charge in [-0.25, -0.2) is 0 Å². The maximum atomic E-state index is 11.5. The zero-order chi connectivity index (χ0) is 20.1. The van der Waals surface area contributed by atoms with E-state index in [1.807, 2.05) is 0 Å². The Balaban J connectivity index is 3.26. The standard InChI is InChI=1S/C19H32O6Si/c1-13(18(20)21)15-9-14(11-25-26(7,8)19(2,3)4)16(23-6)10-17(15)24-12-22-5/h9-10,13H,11-12H2,1-8H3,(H,20,21)/t13-/m1/s1. The largest absolute Gasteiger partial charge is 0.496 e. The second-order valence-corrected chi connectivity index (χ2v) is 12.7. The Labute approximate surface area is 157 Å². The Morgan fingerprint density at radius 3 is 2.27 bits per heavy atom. The number of carbonyl (C=O) groups is 1. The monoisotopic (exact) mass is 384 g/mol. The first-order valence-corrected chi connectivity index (χ1v) is 11.5. The van der Waals surface area contributed by atoms with E-state index in [4.69, 9.17) is 18.6 Å². The fraction of sp³-hybridized carbons (Fsp3) is 0.632. The van der Waals surface area contributed by atoms with Crippen LogP contribution in [-0.2, 0) is 20.6 Å². The third-order valence-corrected chi connectivity index (χ3v) is 9.46. The van der Waals surface area contributed by atoms with Crippen LogP contribution >= 0.6 is 0 Å². The van der Waals surface area contributed by atoms with Gasteiger partial charge in [0.2, 0.25) is 0 Å². The molecule has 0 aliphatic carbocycles. The van der Waals surface area contributed by atoms with E-state index in [9.17, 15) is 9.90 Å². The van der Waals surface area contributed by atoms with E-state index in [0.717, 1.165) is 5.56 Å². The first-order chi connectivity index (χ1) is 11.9. The summed E-state index contributed by atoms with van der Waals surface area (Å²) in [6.07, 6.45) is 0. The summed E-state index contributed by atoms with van der Waals surface area (Å²) in [5, 5.41) is 9.51. The highest BCUT2D eigenvalue weighted by Crippen LogP contribution is 2.39. The Morgan fingerprint density at radius 1 is 1.19 bits per heavy atom. The topological polar surface area (TPSA) is 74.2 Å². The minimum absolute atomic E-state index is 0.0301.